The third-order valence-electron chi connectivity index (χ3n) is 3.67. The van der Waals surface area contributed by atoms with E-state index >= 15 is 0 Å². The van der Waals surface area contributed by atoms with Crippen molar-refractivity contribution in [1.82, 2.24) is 10.6 Å². The lowest BCUT2D eigenvalue weighted by atomic mass is 10.1. The van der Waals surface area contributed by atoms with Gasteiger partial charge < -0.3 is 21.7 Å². The number of carbonyl (C=O) groups is 3. The lowest BCUT2D eigenvalue weighted by Gasteiger charge is -2.15. The van der Waals surface area contributed by atoms with Crippen LogP contribution < -0.4 is 21.7 Å². The Balaban J connectivity index is 1.69. The van der Waals surface area contributed by atoms with Gasteiger partial charge in [0.05, 0.1) is 10.9 Å². The zero-order valence-electron chi connectivity index (χ0n) is 14.5. The Bertz CT molecular complexity index is 744. The maximum atomic E-state index is 12.0. The molecule has 0 aliphatic rings. The van der Waals surface area contributed by atoms with Gasteiger partial charge in [0.2, 0.25) is 5.91 Å². The van der Waals surface area contributed by atoms with Crippen molar-refractivity contribution in [3.05, 3.63) is 52.2 Å². The molecule has 2 rings (SSSR count). The van der Waals surface area contributed by atoms with E-state index in [0.29, 0.717) is 30.0 Å². The molecule has 0 spiro atoms. The molecule has 0 saturated heterocycles. The minimum Gasteiger partial charge on any atom is -0.351 e. The molecule has 0 aliphatic heterocycles. The molecule has 0 saturated carbocycles. The van der Waals surface area contributed by atoms with E-state index in [-0.39, 0.29) is 17.9 Å². The number of hydrogen-bond acceptors (Lipinski definition) is 4. The van der Waals surface area contributed by atoms with E-state index in [1.807, 2.05) is 30.5 Å². The summed E-state index contributed by atoms with van der Waals surface area (Å²) in [5.41, 5.74) is 6.57. The SMILES string of the molecule is CC(NC(=O)CCCNC(=O)c1cccs1)c1ccc(NC(N)=O)cc1. The van der Waals surface area contributed by atoms with Crippen molar-refractivity contribution >= 4 is 34.9 Å². The normalized spacial score (nSPS) is 11.4. The number of nitrogens with two attached hydrogens (primary N) is 1. The maximum absolute atomic E-state index is 12.0. The first kappa shape index (κ1) is 19.5. The average Bonchev–Trinajstić information content (AvgIpc) is 3.13. The third kappa shape index (κ3) is 6.21. The topological polar surface area (TPSA) is 113 Å². The summed E-state index contributed by atoms with van der Waals surface area (Å²) in [4.78, 5) is 35.2. The van der Waals surface area contributed by atoms with Crippen LogP contribution in [0.3, 0.4) is 0 Å². The van der Waals surface area contributed by atoms with Gasteiger partial charge in [0.25, 0.3) is 5.91 Å². The fourth-order valence-corrected chi connectivity index (χ4v) is 2.98. The van der Waals surface area contributed by atoms with E-state index in [9.17, 15) is 14.4 Å². The molecule has 1 heterocycles. The highest BCUT2D eigenvalue weighted by atomic mass is 32.1. The van der Waals surface area contributed by atoms with E-state index < -0.39 is 6.03 Å². The van der Waals surface area contributed by atoms with E-state index in [1.165, 1.54) is 11.3 Å². The zero-order chi connectivity index (χ0) is 18.9. The van der Waals surface area contributed by atoms with Gasteiger partial charge in [-0.15, -0.1) is 11.3 Å². The fourth-order valence-electron chi connectivity index (χ4n) is 2.34. The Hall–Kier alpha value is -2.87. The Kier molecular flexibility index (Phi) is 7.16. The lowest BCUT2D eigenvalue weighted by Crippen LogP contribution is -2.28. The van der Waals surface area contributed by atoms with E-state index in [4.69, 9.17) is 5.73 Å². The first-order valence-corrected chi connectivity index (χ1v) is 9.11. The number of nitrogens with one attached hydrogen (secondary N) is 3. The number of thiophene rings is 1. The molecule has 1 aromatic carbocycles. The van der Waals surface area contributed by atoms with Gasteiger partial charge in [0.1, 0.15) is 0 Å². The van der Waals surface area contributed by atoms with Crippen LogP contribution in [0.2, 0.25) is 0 Å². The van der Waals surface area contributed by atoms with Crippen LogP contribution in [0.5, 0.6) is 0 Å². The molecule has 1 atom stereocenters. The third-order valence-corrected chi connectivity index (χ3v) is 4.54. The number of urea groups is 1. The molecule has 2 aromatic rings. The molecule has 1 aromatic heterocycles. The Morgan fingerprint density at radius 2 is 1.88 bits per heavy atom. The van der Waals surface area contributed by atoms with Crippen molar-refractivity contribution in [2.24, 2.45) is 5.73 Å². The predicted molar refractivity (Wildman–Crippen MR) is 102 cm³/mol. The van der Waals surface area contributed by atoms with Gasteiger partial charge in [-0.3, -0.25) is 9.59 Å². The standard InChI is InChI=1S/C18H22N4O3S/c1-12(13-6-8-14(9-7-13)22-18(19)25)21-16(23)5-2-10-20-17(24)15-4-3-11-26-15/h3-4,6-9,11-12H,2,5,10H2,1H3,(H,20,24)(H,21,23)(H3,19,22,25). The predicted octanol–water partition coefficient (Wildman–Crippen LogP) is 2.63. The summed E-state index contributed by atoms with van der Waals surface area (Å²) in [6, 6.07) is 9.89. The number of benzene rings is 1. The van der Waals surface area contributed by atoms with Crippen LogP contribution in [0.15, 0.2) is 41.8 Å². The Labute approximate surface area is 156 Å². The highest BCUT2D eigenvalue weighted by molar-refractivity contribution is 7.12. The molecule has 4 amide bonds. The summed E-state index contributed by atoms with van der Waals surface area (Å²) in [7, 11) is 0. The number of anilines is 1. The van der Waals surface area contributed by atoms with Crippen molar-refractivity contribution in [3.8, 4) is 0 Å². The molecule has 5 N–H and O–H groups in total. The number of carbonyl (C=O) groups excluding carboxylic acids is 3. The molecule has 0 bridgehead atoms. The molecule has 7 nitrogen and oxygen atoms in total. The molecular weight excluding hydrogens is 352 g/mol. The van der Waals surface area contributed by atoms with Crippen molar-refractivity contribution in [1.29, 1.82) is 0 Å². The minimum absolute atomic E-state index is 0.0813. The van der Waals surface area contributed by atoms with Crippen LogP contribution in [0, 0.1) is 0 Å². The maximum Gasteiger partial charge on any atom is 0.316 e. The smallest absolute Gasteiger partial charge is 0.316 e. The van der Waals surface area contributed by atoms with Crippen LogP contribution in [0.4, 0.5) is 10.5 Å². The molecule has 0 radical (unpaired) electrons. The Morgan fingerprint density at radius 1 is 1.15 bits per heavy atom. The molecule has 26 heavy (non-hydrogen) atoms. The quantitative estimate of drug-likeness (QED) is 0.533. The van der Waals surface area contributed by atoms with E-state index in [1.54, 1.807) is 18.2 Å². The van der Waals surface area contributed by atoms with E-state index in [2.05, 4.69) is 16.0 Å². The molecule has 0 aliphatic carbocycles. The van der Waals surface area contributed by atoms with Crippen LogP contribution >= 0.6 is 11.3 Å². The number of primary amides is 1. The first-order chi connectivity index (χ1) is 12.5. The lowest BCUT2D eigenvalue weighted by molar-refractivity contribution is -0.121. The van der Waals surface area contributed by atoms with Crippen molar-refractivity contribution in [2.45, 2.75) is 25.8 Å². The average molecular weight is 374 g/mol. The fraction of sp³-hybridized carbons (Fsp3) is 0.278. The highest BCUT2D eigenvalue weighted by Gasteiger charge is 2.10. The zero-order valence-corrected chi connectivity index (χ0v) is 15.3. The summed E-state index contributed by atoms with van der Waals surface area (Å²) < 4.78 is 0. The van der Waals surface area contributed by atoms with Gasteiger partial charge in [0, 0.05) is 18.7 Å². The largest absolute Gasteiger partial charge is 0.351 e. The molecule has 0 fully saturated rings. The molecular formula is C18H22N4O3S. The van der Waals surface area contributed by atoms with Gasteiger partial charge in [-0.2, -0.15) is 0 Å². The van der Waals surface area contributed by atoms with Gasteiger partial charge in [-0.25, -0.2) is 4.79 Å². The molecule has 1 unspecified atom stereocenters. The second-order valence-electron chi connectivity index (χ2n) is 5.74. The van der Waals surface area contributed by atoms with Crippen molar-refractivity contribution in [2.75, 3.05) is 11.9 Å². The summed E-state index contributed by atoms with van der Waals surface area (Å²) in [5, 5.41) is 10.0. The highest BCUT2D eigenvalue weighted by Crippen LogP contribution is 2.16. The van der Waals surface area contributed by atoms with Crippen molar-refractivity contribution < 1.29 is 14.4 Å². The summed E-state index contributed by atoms with van der Waals surface area (Å²) in [6.45, 7) is 2.33. The number of rotatable bonds is 8. The summed E-state index contributed by atoms with van der Waals surface area (Å²) in [6.07, 6.45) is 0.896. The number of hydrogen-bond donors (Lipinski definition) is 4. The summed E-state index contributed by atoms with van der Waals surface area (Å²) in [5.74, 6) is -0.194. The van der Waals surface area contributed by atoms with Crippen LogP contribution in [-0.2, 0) is 4.79 Å². The first-order valence-electron chi connectivity index (χ1n) is 8.23. The van der Waals surface area contributed by atoms with Gasteiger partial charge >= 0.3 is 6.03 Å². The van der Waals surface area contributed by atoms with Crippen LogP contribution in [0.25, 0.3) is 0 Å². The minimum atomic E-state index is -0.620. The molecule has 138 valence electrons. The second kappa shape index (κ2) is 9.57. The second-order valence-corrected chi connectivity index (χ2v) is 6.68. The van der Waals surface area contributed by atoms with Gasteiger partial charge in [-0.1, -0.05) is 18.2 Å². The number of amides is 4. The molecule has 8 heteroatoms. The van der Waals surface area contributed by atoms with Crippen LogP contribution in [0.1, 0.15) is 41.0 Å². The Morgan fingerprint density at radius 3 is 2.50 bits per heavy atom. The van der Waals surface area contributed by atoms with Gasteiger partial charge in [0.15, 0.2) is 0 Å². The summed E-state index contributed by atoms with van der Waals surface area (Å²) >= 11 is 1.38. The van der Waals surface area contributed by atoms with Gasteiger partial charge in [-0.05, 0) is 42.5 Å². The van der Waals surface area contributed by atoms with E-state index in [0.717, 1.165) is 5.56 Å². The monoisotopic (exact) mass is 374 g/mol. The van der Waals surface area contributed by atoms with Crippen LogP contribution in [-0.4, -0.2) is 24.4 Å². The van der Waals surface area contributed by atoms with Crippen molar-refractivity contribution in [3.63, 3.8) is 0 Å².